The third-order valence-electron chi connectivity index (χ3n) is 7.35. The van der Waals surface area contributed by atoms with Crippen LogP contribution in [-0.2, 0) is 12.6 Å². The fourth-order valence-electron chi connectivity index (χ4n) is 4.88. The molecule has 0 saturated heterocycles. The lowest BCUT2D eigenvalue weighted by Gasteiger charge is -2.14. The molecule has 0 aliphatic carbocycles. The normalized spacial score (nSPS) is 12.3. The molecule has 216 valence electrons. The van der Waals surface area contributed by atoms with Gasteiger partial charge in [0.05, 0.1) is 5.56 Å². The van der Waals surface area contributed by atoms with Crippen LogP contribution in [0.2, 0.25) is 0 Å². The average molecular weight is 553 g/mol. The molecule has 1 atom stereocenters. The van der Waals surface area contributed by atoms with Gasteiger partial charge in [0.25, 0.3) is 5.91 Å². The number of nitrogens with two attached hydrogens (primary N) is 1. The molecule has 0 aliphatic heterocycles. The van der Waals surface area contributed by atoms with Crippen LogP contribution in [0.15, 0.2) is 72.8 Å². The molecule has 0 aliphatic rings. The summed E-state index contributed by atoms with van der Waals surface area (Å²) in [6.07, 6.45) is 8.80. The summed E-state index contributed by atoms with van der Waals surface area (Å²) in [5.41, 5.74) is 9.80. The van der Waals surface area contributed by atoms with Gasteiger partial charge < -0.3 is 11.1 Å². The van der Waals surface area contributed by atoms with Crippen molar-refractivity contribution in [1.82, 2.24) is 5.32 Å². The van der Waals surface area contributed by atoms with Gasteiger partial charge in [0, 0.05) is 18.2 Å². The largest absolute Gasteiger partial charge is 0.416 e. The zero-order valence-electron chi connectivity index (χ0n) is 23.6. The zero-order chi connectivity index (χ0) is 28.8. The Bertz CT molecular complexity index is 1160. The van der Waals surface area contributed by atoms with Crippen molar-refractivity contribution in [1.29, 1.82) is 0 Å². The summed E-state index contributed by atoms with van der Waals surface area (Å²) in [5, 5.41) is 3.05. The van der Waals surface area contributed by atoms with Crippen molar-refractivity contribution in [3.63, 3.8) is 0 Å². The number of alkyl halides is 3. The Morgan fingerprint density at radius 2 is 1.38 bits per heavy atom. The molecule has 3 aromatic carbocycles. The second kappa shape index (κ2) is 16.2. The van der Waals surface area contributed by atoms with Gasteiger partial charge in [-0.05, 0) is 59.4 Å². The summed E-state index contributed by atoms with van der Waals surface area (Å²) in [6, 6.07) is 20.1. The maximum atomic E-state index is 12.8. The Balaban J connectivity index is 1.43. The van der Waals surface area contributed by atoms with Crippen LogP contribution in [0.4, 0.5) is 13.2 Å². The van der Waals surface area contributed by atoms with Crippen LogP contribution in [0.3, 0.4) is 0 Å². The Labute approximate surface area is 237 Å². The van der Waals surface area contributed by atoms with Gasteiger partial charge in [-0.15, -0.1) is 0 Å². The minimum Gasteiger partial charge on any atom is -0.352 e. The number of amides is 1. The molecule has 0 fully saturated rings. The summed E-state index contributed by atoms with van der Waals surface area (Å²) >= 11 is 0. The number of nitrogens with one attached hydrogen (secondary N) is 1. The van der Waals surface area contributed by atoms with Crippen molar-refractivity contribution >= 4 is 5.91 Å². The van der Waals surface area contributed by atoms with E-state index in [0.717, 1.165) is 41.7 Å². The smallest absolute Gasteiger partial charge is 0.352 e. The van der Waals surface area contributed by atoms with Gasteiger partial charge in [0.2, 0.25) is 0 Å². The average Bonchev–Trinajstić information content (AvgIpc) is 2.96. The molecule has 0 radical (unpaired) electrons. The van der Waals surface area contributed by atoms with E-state index in [0.29, 0.717) is 24.1 Å². The first kappa shape index (κ1) is 31.4. The van der Waals surface area contributed by atoms with E-state index in [2.05, 4.69) is 12.2 Å². The number of rotatable bonds is 16. The van der Waals surface area contributed by atoms with Crippen molar-refractivity contribution in [2.24, 2.45) is 5.73 Å². The highest BCUT2D eigenvalue weighted by Gasteiger charge is 2.30. The molecule has 0 aromatic heterocycles. The summed E-state index contributed by atoms with van der Waals surface area (Å²) in [5.74, 6) is -0.0584. The molecule has 0 saturated carbocycles. The predicted octanol–water partition coefficient (Wildman–Crippen LogP) is 9.27. The monoisotopic (exact) mass is 552 g/mol. The highest BCUT2D eigenvalue weighted by Crippen LogP contribution is 2.30. The van der Waals surface area contributed by atoms with Gasteiger partial charge >= 0.3 is 6.18 Å². The first-order valence-electron chi connectivity index (χ1n) is 14.7. The van der Waals surface area contributed by atoms with E-state index in [4.69, 9.17) is 5.73 Å². The molecule has 0 heterocycles. The van der Waals surface area contributed by atoms with Gasteiger partial charge in [-0.1, -0.05) is 113 Å². The Kier molecular flexibility index (Phi) is 12.7. The van der Waals surface area contributed by atoms with Gasteiger partial charge in [-0.3, -0.25) is 4.79 Å². The quantitative estimate of drug-likeness (QED) is 0.174. The van der Waals surface area contributed by atoms with Crippen LogP contribution in [0.5, 0.6) is 0 Å². The number of hydrogen-bond donors (Lipinski definition) is 2. The molecule has 40 heavy (non-hydrogen) atoms. The Morgan fingerprint density at radius 1 is 0.775 bits per heavy atom. The van der Waals surface area contributed by atoms with Crippen molar-refractivity contribution in [3.05, 3.63) is 95.1 Å². The van der Waals surface area contributed by atoms with Crippen LogP contribution >= 0.6 is 0 Å². The molecule has 3 aromatic rings. The summed E-state index contributed by atoms with van der Waals surface area (Å²) in [6.45, 7) is 2.93. The standard InChI is InChI=1S/C34H43F3N2O/c1-2-3-4-5-6-7-8-9-10-11-23-39-33(40)30-14-12-13-29(25-30)27-17-15-26(16-18-27)24-32(38)28-19-21-31(22-20-28)34(35,36)37/h12-22,25,32H,2-11,23-24,38H2,1H3,(H,39,40). The minimum absolute atomic E-state index is 0.0584. The van der Waals surface area contributed by atoms with Crippen LogP contribution in [0.1, 0.15) is 104 Å². The Hall–Kier alpha value is -3.12. The highest BCUT2D eigenvalue weighted by molar-refractivity contribution is 5.95. The van der Waals surface area contributed by atoms with Gasteiger partial charge in [-0.25, -0.2) is 0 Å². The van der Waals surface area contributed by atoms with Crippen LogP contribution in [0.25, 0.3) is 11.1 Å². The molecule has 3 nitrogen and oxygen atoms in total. The first-order valence-corrected chi connectivity index (χ1v) is 14.7. The maximum absolute atomic E-state index is 12.8. The van der Waals surface area contributed by atoms with E-state index in [1.807, 2.05) is 48.5 Å². The second-order valence-corrected chi connectivity index (χ2v) is 10.6. The molecule has 1 amide bonds. The van der Waals surface area contributed by atoms with Crippen molar-refractivity contribution in [2.75, 3.05) is 6.54 Å². The molecule has 0 spiro atoms. The lowest BCUT2D eigenvalue weighted by molar-refractivity contribution is -0.137. The highest BCUT2D eigenvalue weighted by atomic mass is 19.4. The minimum atomic E-state index is -4.36. The van der Waals surface area contributed by atoms with E-state index in [-0.39, 0.29) is 5.91 Å². The van der Waals surface area contributed by atoms with E-state index >= 15 is 0 Å². The number of carbonyl (C=O) groups is 1. The molecular formula is C34H43F3N2O. The fraction of sp³-hybridized carbons (Fsp3) is 0.441. The van der Waals surface area contributed by atoms with Gasteiger partial charge in [0.1, 0.15) is 0 Å². The molecule has 1 unspecified atom stereocenters. The van der Waals surface area contributed by atoms with Crippen molar-refractivity contribution in [2.45, 2.75) is 89.8 Å². The van der Waals surface area contributed by atoms with E-state index in [1.165, 1.54) is 63.5 Å². The topological polar surface area (TPSA) is 55.1 Å². The number of hydrogen-bond acceptors (Lipinski definition) is 2. The lowest BCUT2D eigenvalue weighted by atomic mass is 9.96. The third kappa shape index (κ3) is 10.5. The molecule has 3 rings (SSSR count). The third-order valence-corrected chi connectivity index (χ3v) is 7.35. The number of benzene rings is 3. The number of halogens is 3. The lowest BCUT2D eigenvalue weighted by Crippen LogP contribution is -2.24. The molecule has 3 N–H and O–H groups in total. The number of unbranched alkanes of at least 4 members (excludes halogenated alkanes) is 9. The van der Waals surface area contributed by atoms with Crippen molar-refractivity contribution in [3.8, 4) is 11.1 Å². The second-order valence-electron chi connectivity index (χ2n) is 10.6. The van der Waals surface area contributed by atoms with E-state index in [9.17, 15) is 18.0 Å². The molecule has 0 bridgehead atoms. The van der Waals surface area contributed by atoms with E-state index in [1.54, 1.807) is 0 Å². The van der Waals surface area contributed by atoms with Crippen LogP contribution < -0.4 is 11.1 Å². The predicted molar refractivity (Wildman–Crippen MR) is 158 cm³/mol. The van der Waals surface area contributed by atoms with Crippen LogP contribution in [0, 0.1) is 0 Å². The fourth-order valence-corrected chi connectivity index (χ4v) is 4.88. The Morgan fingerprint density at radius 3 is 1.98 bits per heavy atom. The summed E-state index contributed by atoms with van der Waals surface area (Å²) in [4.78, 5) is 12.7. The SMILES string of the molecule is CCCCCCCCCCCCNC(=O)c1cccc(-c2ccc(CC(N)c3ccc(C(F)(F)F)cc3)cc2)c1. The molecule has 6 heteroatoms. The van der Waals surface area contributed by atoms with Gasteiger partial charge in [0.15, 0.2) is 0 Å². The first-order chi connectivity index (χ1) is 19.3. The summed E-state index contributed by atoms with van der Waals surface area (Å²) < 4.78 is 38.4. The zero-order valence-corrected chi connectivity index (χ0v) is 23.6. The maximum Gasteiger partial charge on any atom is 0.416 e. The summed E-state index contributed by atoms with van der Waals surface area (Å²) in [7, 11) is 0. The van der Waals surface area contributed by atoms with Crippen LogP contribution in [-0.4, -0.2) is 12.5 Å². The van der Waals surface area contributed by atoms with Gasteiger partial charge in [-0.2, -0.15) is 13.2 Å². The van der Waals surface area contributed by atoms with E-state index < -0.39 is 17.8 Å². The number of carbonyl (C=O) groups excluding carboxylic acids is 1. The van der Waals surface area contributed by atoms with Crippen molar-refractivity contribution < 1.29 is 18.0 Å². The molecular weight excluding hydrogens is 509 g/mol.